The Morgan fingerprint density at radius 2 is 1.62 bits per heavy atom. The smallest absolute Gasteiger partial charge is 0.328 e. The normalized spacial score (nSPS) is 13.3. The van der Waals surface area contributed by atoms with E-state index in [0.717, 1.165) is 11.3 Å². The van der Waals surface area contributed by atoms with Crippen LogP contribution in [0.3, 0.4) is 0 Å². The van der Waals surface area contributed by atoms with Gasteiger partial charge >= 0.3 is 6.03 Å². The number of hydrogen-bond acceptors (Lipinski definition) is 7. The van der Waals surface area contributed by atoms with Crippen molar-refractivity contribution in [1.29, 1.82) is 0 Å². The third kappa shape index (κ3) is 7.06. The van der Waals surface area contributed by atoms with E-state index in [1.807, 2.05) is 48.7 Å². The Morgan fingerprint density at radius 3 is 2.29 bits per heavy atom. The SMILES string of the molecule is CCOc1cc(C=C2C(=O)NC(=O)NC2=O)cc(Br)c1OCCOCCOc1cccc(C)c1. The number of carbonyl (C=O) groups is 3. The Bertz CT molecular complexity index is 1080. The molecule has 1 aliphatic heterocycles. The molecule has 0 radical (unpaired) electrons. The maximum absolute atomic E-state index is 12.0. The maximum Gasteiger partial charge on any atom is 0.328 e. The van der Waals surface area contributed by atoms with E-state index < -0.39 is 17.8 Å². The molecule has 1 heterocycles. The standard InChI is InChI=1S/C24H25BrN2O7/c1-3-32-20-14-16(12-18-22(28)26-24(30)27-23(18)29)13-19(25)21(20)34-10-8-31-7-9-33-17-6-4-5-15(2)11-17/h4-6,11-14H,3,7-10H2,1-2H3,(H2,26,27,28,29,30). The zero-order valence-electron chi connectivity index (χ0n) is 18.8. The summed E-state index contributed by atoms with van der Waals surface area (Å²) < 4.78 is 23.3. The molecule has 180 valence electrons. The summed E-state index contributed by atoms with van der Waals surface area (Å²) in [6, 6.07) is 10.3. The third-order valence-electron chi connectivity index (χ3n) is 4.55. The van der Waals surface area contributed by atoms with Crippen molar-refractivity contribution in [1.82, 2.24) is 10.6 Å². The van der Waals surface area contributed by atoms with Gasteiger partial charge in [-0.05, 0) is 71.2 Å². The van der Waals surface area contributed by atoms with Gasteiger partial charge in [0.2, 0.25) is 0 Å². The van der Waals surface area contributed by atoms with Gasteiger partial charge in [-0.1, -0.05) is 12.1 Å². The highest BCUT2D eigenvalue weighted by molar-refractivity contribution is 9.10. The quantitative estimate of drug-likeness (QED) is 0.259. The second-order valence-corrected chi connectivity index (χ2v) is 8.04. The highest BCUT2D eigenvalue weighted by Gasteiger charge is 2.28. The highest BCUT2D eigenvalue weighted by Crippen LogP contribution is 2.37. The van der Waals surface area contributed by atoms with Crippen LogP contribution < -0.4 is 24.8 Å². The van der Waals surface area contributed by atoms with Gasteiger partial charge in [0.05, 0.1) is 24.3 Å². The van der Waals surface area contributed by atoms with E-state index in [1.165, 1.54) is 6.08 Å². The molecule has 0 saturated carbocycles. The van der Waals surface area contributed by atoms with Gasteiger partial charge < -0.3 is 18.9 Å². The summed E-state index contributed by atoms with van der Waals surface area (Å²) in [7, 11) is 0. The van der Waals surface area contributed by atoms with Gasteiger partial charge in [0.25, 0.3) is 11.8 Å². The first-order valence-corrected chi connectivity index (χ1v) is 11.4. The van der Waals surface area contributed by atoms with Gasteiger partial charge in [-0.15, -0.1) is 0 Å². The minimum Gasteiger partial charge on any atom is -0.491 e. The van der Waals surface area contributed by atoms with Crippen molar-refractivity contribution >= 4 is 39.9 Å². The molecule has 0 bridgehead atoms. The zero-order chi connectivity index (χ0) is 24.5. The predicted octanol–water partition coefficient (Wildman–Crippen LogP) is 3.38. The van der Waals surface area contributed by atoms with Gasteiger partial charge in [0.15, 0.2) is 11.5 Å². The molecule has 2 aromatic carbocycles. The summed E-state index contributed by atoms with van der Waals surface area (Å²) >= 11 is 3.45. The predicted molar refractivity (Wildman–Crippen MR) is 128 cm³/mol. The van der Waals surface area contributed by atoms with E-state index in [9.17, 15) is 14.4 Å². The third-order valence-corrected chi connectivity index (χ3v) is 5.14. The molecule has 1 aliphatic rings. The summed E-state index contributed by atoms with van der Waals surface area (Å²) in [4.78, 5) is 35.2. The Balaban J connectivity index is 1.56. The number of halogens is 1. The molecule has 0 aliphatic carbocycles. The number of aryl methyl sites for hydroxylation is 1. The van der Waals surface area contributed by atoms with Crippen LogP contribution >= 0.6 is 15.9 Å². The van der Waals surface area contributed by atoms with Gasteiger partial charge in [0.1, 0.15) is 24.5 Å². The number of benzene rings is 2. The minimum absolute atomic E-state index is 0.191. The number of rotatable bonds is 11. The minimum atomic E-state index is -0.851. The van der Waals surface area contributed by atoms with Crippen LogP contribution in [0.1, 0.15) is 18.1 Å². The highest BCUT2D eigenvalue weighted by atomic mass is 79.9. The van der Waals surface area contributed by atoms with Crippen LogP contribution in [0.4, 0.5) is 4.79 Å². The van der Waals surface area contributed by atoms with Crippen LogP contribution in [0.15, 0.2) is 46.4 Å². The van der Waals surface area contributed by atoms with Crippen LogP contribution in [-0.2, 0) is 14.3 Å². The molecule has 0 aromatic heterocycles. The molecule has 2 N–H and O–H groups in total. The Labute approximate surface area is 205 Å². The summed E-state index contributed by atoms with van der Waals surface area (Å²) in [6.45, 7) is 5.67. The molecule has 34 heavy (non-hydrogen) atoms. The lowest BCUT2D eigenvalue weighted by molar-refractivity contribution is -0.123. The largest absolute Gasteiger partial charge is 0.491 e. The number of imide groups is 2. The lowest BCUT2D eigenvalue weighted by atomic mass is 10.1. The maximum atomic E-state index is 12.0. The van der Waals surface area contributed by atoms with Crippen molar-refractivity contribution in [3.8, 4) is 17.2 Å². The number of urea groups is 1. The van der Waals surface area contributed by atoms with E-state index in [1.54, 1.807) is 12.1 Å². The van der Waals surface area contributed by atoms with E-state index in [0.29, 0.717) is 48.0 Å². The molecule has 0 spiro atoms. The molecule has 2 aromatic rings. The van der Waals surface area contributed by atoms with Crippen LogP contribution in [0, 0.1) is 6.92 Å². The molecular formula is C24H25BrN2O7. The lowest BCUT2D eigenvalue weighted by Gasteiger charge is -2.16. The monoisotopic (exact) mass is 532 g/mol. The van der Waals surface area contributed by atoms with E-state index >= 15 is 0 Å². The second-order valence-electron chi connectivity index (χ2n) is 7.18. The van der Waals surface area contributed by atoms with Crippen molar-refractivity contribution in [3.63, 3.8) is 0 Å². The number of amides is 4. The summed E-state index contributed by atoms with van der Waals surface area (Å²) in [5.41, 5.74) is 1.45. The number of nitrogens with one attached hydrogen (secondary N) is 2. The fourth-order valence-corrected chi connectivity index (χ4v) is 3.65. The van der Waals surface area contributed by atoms with Gasteiger partial charge in [-0.3, -0.25) is 20.2 Å². The van der Waals surface area contributed by atoms with Crippen molar-refractivity contribution in [2.75, 3.05) is 33.0 Å². The lowest BCUT2D eigenvalue weighted by Crippen LogP contribution is -2.51. The molecule has 1 fully saturated rings. The summed E-state index contributed by atoms with van der Waals surface area (Å²) in [6.07, 6.45) is 1.37. The average Bonchev–Trinajstić information content (AvgIpc) is 2.77. The van der Waals surface area contributed by atoms with E-state index in [4.69, 9.17) is 18.9 Å². The molecule has 4 amide bonds. The zero-order valence-corrected chi connectivity index (χ0v) is 20.4. The van der Waals surface area contributed by atoms with Crippen molar-refractivity contribution < 1.29 is 33.3 Å². The topological polar surface area (TPSA) is 112 Å². The van der Waals surface area contributed by atoms with Gasteiger partial charge in [-0.25, -0.2) is 4.79 Å². The Kier molecular flexibility index (Phi) is 9.06. The first-order valence-electron chi connectivity index (χ1n) is 10.6. The van der Waals surface area contributed by atoms with Crippen LogP contribution in [-0.4, -0.2) is 50.9 Å². The molecule has 10 heteroatoms. The number of ether oxygens (including phenoxy) is 4. The summed E-state index contributed by atoms with van der Waals surface area (Å²) in [5, 5.41) is 4.08. The molecule has 0 atom stereocenters. The van der Waals surface area contributed by atoms with Crippen molar-refractivity contribution in [3.05, 3.63) is 57.6 Å². The number of hydrogen-bond donors (Lipinski definition) is 2. The Morgan fingerprint density at radius 1 is 0.912 bits per heavy atom. The summed E-state index contributed by atoms with van der Waals surface area (Å²) in [5.74, 6) is 0.156. The van der Waals surface area contributed by atoms with Crippen molar-refractivity contribution in [2.24, 2.45) is 0 Å². The fraction of sp³-hybridized carbons (Fsp3) is 0.292. The second kappa shape index (κ2) is 12.2. The Hall–Kier alpha value is -3.37. The van der Waals surface area contributed by atoms with Gasteiger partial charge in [0, 0.05) is 0 Å². The van der Waals surface area contributed by atoms with E-state index in [2.05, 4.69) is 15.9 Å². The molecule has 1 saturated heterocycles. The van der Waals surface area contributed by atoms with Crippen molar-refractivity contribution in [2.45, 2.75) is 13.8 Å². The molecule has 3 rings (SSSR count). The number of barbiturate groups is 1. The fourth-order valence-electron chi connectivity index (χ4n) is 3.08. The van der Waals surface area contributed by atoms with Crippen LogP contribution in [0.25, 0.3) is 6.08 Å². The first-order chi connectivity index (χ1) is 16.4. The number of carbonyl (C=O) groups excluding carboxylic acids is 3. The molecule has 9 nitrogen and oxygen atoms in total. The average molecular weight is 533 g/mol. The first kappa shape index (κ1) is 25.3. The van der Waals surface area contributed by atoms with Crippen LogP contribution in [0.2, 0.25) is 0 Å². The van der Waals surface area contributed by atoms with Crippen LogP contribution in [0.5, 0.6) is 17.2 Å². The molecular weight excluding hydrogens is 508 g/mol. The molecule has 0 unspecified atom stereocenters. The van der Waals surface area contributed by atoms with Gasteiger partial charge in [-0.2, -0.15) is 0 Å². The van der Waals surface area contributed by atoms with E-state index in [-0.39, 0.29) is 12.2 Å².